The molecule has 0 amide bonds. The van der Waals surface area contributed by atoms with Gasteiger partial charge in [0.1, 0.15) is 5.82 Å². The summed E-state index contributed by atoms with van der Waals surface area (Å²) in [5, 5.41) is 13.7. The number of hydrogen-bond acceptors (Lipinski definition) is 5. The Balaban J connectivity index is 2.75. The van der Waals surface area contributed by atoms with Gasteiger partial charge in [0.2, 0.25) is 5.82 Å². The van der Waals surface area contributed by atoms with Crippen molar-refractivity contribution in [3.8, 4) is 0 Å². The molecule has 1 aromatic rings. The fraction of sp³-hybridized carbons (Fsp3) is 0.545. The molecular weight excluding hydrogens is 220 g/mol. The molecule has 0 saturated heterocycles. The zero-order valence-corrected chi connectivity index (χ0v) is 10.4. The van der Waals surface area contributed by atoms with Gasteiger partial charge in [-0.1, -0.05) is 20.8 Å². The van der Waals surface area contributed by atoms with Crippen LogP contribution in [-0.2, 0) is 0 Å². The highest BCUT2D eigenvalue weighted by atomic mass is 16.6. The van der Waals surface area contributed by atoms with E-state index in [0.717, 1.165) is 6.42 Å². The van der Waals surface area contributed by atoms with Crippen LogP contribution in [0.1, 0.15) is 27.2 Å². The maximum absolute atomic E-state index is 10.8. The predicted molar refractivity (Wildman–Crippen MR) is 67.9 cm³/mol. The van der Waals surface area contributed by atoms with Crippen molar-refractivity contribution in [3.05, 3.63) is 22.2 Å². The zero-order valence-electron chi connectivity index (χ0n) is 10.4. The lowest BCUT2D eigenvalue weighted by molar-refractivity contribution is -0.384. The van der Waals surface area contributed by atoms with Crippen LogP contribution in [-0.4, -0.2) is 16.5 Å². The zero-order chi connectivity index (χ0) is 13.1. The van der Waals surface area contributed by atoms with E-state index in [0.29, 0.717) is 6.54 Å². The SMILES string of the molecule is CC(C)(C)CCNc1nc(N)ccc1[N+](=O)[O-]. The molecule has 0 bridgehead atoms. The van der Waals surface area contributed by atoms with Crippen LogP contribution in [0.2, 0.25) is 0 Å². The van der Waals surface area contributed by atoms with Crippen molar-refractivity contribution in [1.82, 2.24) is 4.98 Å². The van der Waals surface area contributed by atoms with E-state index in [-0.39, 0.29) is 22.7 Å². The Labute approximate surface area is 100 Å². The van der Waals surface area contributed by atoms with E-state index >= 15 is 0 Å². The summed E-state index contributed by atoms with van der Waals surface area (Å²) in [4.78, 5) is 14.3. The highest BCUT2D eigenvalue weighted by Crippen LogP contribution is 2.24. The second-order valence-electron chi connectivity index (χ2n) is 5.10. The normalized spacial score (nSPS) is 11.2. The molecule has 1 rings (SSSR count). The molecule has 0 saturated carbocycles. The number of nitro groups is 1. The highest BCUT2D eigenvalue weighted by molar-refractivity contribution is 5.59. The Morgan fingerprint density at radius 2 is 2.12 bits per heavy atom. The molecule has 6 nitrogen and oxygen atoms in total. The predicted octanol–water partition coefficient (Wildman–Crippen LogP) is 2.42. The lowest BCUT2D eigenvalue weighted by atomic mass is 9.92. The van der Waals surface area contributed by atoms with Gasteiger partial charge in [0.25, 0.3) is 0 Å². The second-order valence-corrected chi connectivity index (χ2v) is 5.10. The molecule has 0 fully saturated rings. The molecule has 0 unspecified atom stereocenters. The van der Waals surface area contributed by atoms with Crippen LogP contribution >= 0.6 is 0 Å². The van der Waals surface area contributed by atoms with Crippen molar-refractivity contribution in [1.29, 1.82) is 0 Å². The van der Waals surface area contributed by atoms with Gasteiger partial charge in [-0.2, -0.15) is 0 Å². The molecule has 0 aliphatic heterocycles. The fourth-order valence-corrected chi connectivity index (χ4v) is 1.30. The van der Waals surface area contributed by atoms with Gasteiger partial charge in [-0.05, 0) is 17.9 Å². The Morgan fingerprint density at radius 3 is 2.65 bits per heavy atom. The quantitative estimate of drug-likeness (QED) is 0.620. The summed E-state index contributed by atoms with van der Waals surface area (Å²) in [6.45, 7) is 6.95. The van der Waals surface area contributed by atoms with E-state index < -0.39 is 4.92 Å². The number of rotatable bonds is 4. The van der Waals surface area contributed by atoms with Gasteiger partial charge in [0.05, 0.1) is 4.92 Å². The minimum absolute atomic E-state index is 0.0480. The van der Waals surface area contributed by atoms with Crippen molar-refractivity contribution >= 4 is 17.3 Å². The van der Waals surface area contributed by atoms with Crippen molar-refractivity contribution < 1.29 is 4.92 Å². The summed E-state index contributed by atoms with van der Waals surface area (Å²) in [5.74, 6) is 0.508. The second kappa shape index (κ2) is 4.99. The van der Waals surface area contributed by atoms with Crippen LogP contribution in [0.5, 0.6) is 0 Å². The molecule has 17 heavy (non-hydrogen) atoms. The Morgan fingerprint density at radius 1 is 1.47 bits per heavy atom. The molecule has 0 aliphatic carbocycles. The Hall–Kier alpha value is -1.85. The number of hydrogen-bond donors (Lipinski definition) is 2. The van der Waals surface area contributed by atoms with Crippen LogP contribution < -0.4 is 11.1 Å². The van der Waals surface area contributed by atoms with Gasteiger partial charge in [-0.15, -0.1) is 0 Å². The average Bonchev–Trinajstić information content (AvgIpc) is 2.15. The van der Waals surface area contributed by atoms with E-state index in [1.807, 2.05) is 0 Å². The molecule has 94 valence electrons. The van der Waals surface area contributed by atoms with Crippen molar-refractivity contribution in [2.75, 3.05) is 17.6 Å². The van der Waals surface area contributed by atoms with Crippen LogP contribution in [0, 0.1) is 15.5 Å². The first kappa shape index (κ1) is 13.2. The van der Waals surface area contributed by atoms with Crippen LogP contribution in [0.25, 0.3) is 0 Å². The lowest BCUT2D eigenvalue weighted by Gasteiger charge is -2.18. The molecule has 0 aliphatic rings. The van der Waals surface area contributed by atoms with Crippen LogP contribution in [0.15, 0.2) is 12.1 Å². The number of pyridine rings is 1. The van der Waals surface area contributed by atoms with E-state index in [1.54, 1.807) is 0 Å². The van der Waals surface area contributed by atoms with Gasteiger partial charge in [0, 0.05) is 12.6 Å². The third-order valence-corrected chi connectivity index (χ3v) is 2.26. The minimum Gasteiger partial charge on any atom is -0.384 e. The smallest absolute Gasteiger partial charge is 0.311 e. The molecular formula is C11H18N4O2. The molecule has 1 heterocycles. The van der Waals surface area contributed by atoms with E-state index in [2.05, 4.69) is 31.1 Å². The number of nitrogens with zero attached hydrogens (tertiary/aromatic N) is 2. The standard InChI is InChI=1S/C11H18N4O2/c1-11(2,3)6-7-13-10-8(15(16)17)4-5-9(12)14-10/h4-5H,6-7H2,1-3H3,(H3,12,13,14). The first-order chi connectivity index (χ1) is 7.79. The van der Waals surface area contributed by atoms with Crippen molar-refractivity contribution in [3.63, 3.8) is 0 Å². The summed E-state index contributed by atoms with van der Waals surface area (Å²) in [6, 6.07) is 2.79. The molecule has 3 N–H and O–H groups in total. The number of nitrogen functional groups attached to an aromatic ring is 1. The summed E-state index contributed by atoms with van der Waals surface area (Å²) in [6.07, 6.45) is 0.890. The molecule has 1 aromatic heterocycles. The van der Waals surface area contributed by atoms with E-state index in [4.69, 9.17) is 5.73 Å². The van der Waals surface area contributed by atoms with Gasteiger partial charge in [0.15, 0.2) is 0 Å². The van der Waals surface area contributed by atoms with Crippen molar-refractivity contribution in [2.24, 2.45) is 5.41 Å². The summed E-state index contributed by atoms with van der Waals surface area (Å²) in [7, 11) is 0. The number of nitrogens with two attached hydrogens (primary N) is 1. The number of nitrogens with one attached hydrogen (secondary N) is 1. The van der Waals surface area contributed by atoms with E-state index in [1.165, 1.54) is 12.1 Å². The first-order valence-electron chi connectivity index (χ1n) is 5.44. The first-order valence-corrected chi connectivity index (χ1v) is 5.44. The third-order valence-electron chi connectivity index (χ3n) is 2.26. The van der Waals surface area contributed by atoms with Gasteiger partial charge in [-0.25, -0.2) is 4.98 Å². The minimum atomic E-state index is -0.466. The Bertz CT molecular complexity index is 412. The Kier molecular flexibility index (Phi) is 3.88. The molecule has 6 heteroatoms. The maximum Gasteiger partial charge on any atom is 0.311 e. The molecule has 0 atom stereocenters. The van der Waals surface area contributed by atoms with Gasteiger partial charge in [-0.3, -0.25) is 10.1 Å². The van der Waals surface area contributed by atoms with E-state index in [9.17, 15) is 10.1 Å². The van der Waals surface area contributed by atoms with Gasteiger partial charge >= 0.3 is 5.69 Å². The summed E-state index contributed by atoms with van der Waals surface area (Å²) in [5.41, 5.74) is 5.63. The number of anilines is 2. The largest absolute Gasteiger partial charge is 0.384 e. The van der Waals surface area contributed by atoms with Crippen LogP contribution in [0.3, 0.4) is 0 Å². The third kappa shape index (κ3) is 4.26. The van der Waals surface area contributed by atoms with Crippen molar-refractivity contribution in [2.45, 2.75) is 27.2 Å². The molecule has 0 spiro atoms. The summed E-state index contributed by atoms with van der Waals surface area (Å²) >= 11 is 0. The molecule has 0 radical (unpaired) electrons. The highest BCUT2D eigenvalue weighted by Gasteiger charge is 2.16. The fourth-order valence-electron chi connectivity index (χ4n) is 1.30. The monoisotopic (exact) mass is 238 g/mol. The topological polar surface area (TPSA) is 94.1 Å². The summed E-state index contributed by atoms with van der Waals surface area (Å²) < 4.78 is 0. The number of aromatic nitrogens is 1. The maximum atomic E-state index is 10.8. The lowest BCUT2D eigenvalue weighted by Crippen LogP contribution is -2.14. The van der Waals surface area contributed by atoms with Gasteiger partial charge < -0.3 is 11.1 Å². The van der Waals surface area contributed by atoms with Crippen LogP contribution in [0.4, 0.5) is 17.3 Å². The average molecular weight is 238 g/mol. The molecule has 0 aromatic carbocycles.